The van der Waals surface area contributed by atoms with Crippen LogP contribution in [0.2, 0.25) is 0 Å². The lowest BCUT2D eigenvalue weighted by Crippen LogP contribution is -2.37. The number of nitrogens with one attached hydrogen (secondary N) is 1. The fourth-order valence-electron chi connectivity index (χ4n) is 3.59. The van der Waals surface area contributed by atoms with Crippen molar-refractivity contribution in [3.63, 3.8) is 0 Å². The van der Waals surface area contributed by atoms with E-state index in [1.165, 1.54) is 0 Å². The second kappa shape index (κ2) is 11.7. The second-order valence-electron chi connectivity index (χ2n) is 7.32. The van der Waals surface area contributed by atoms with E-state index in [1.807, 2.05) is 48.5 Å². The summed E-state index contributed by atoms with van der Waals surface area (Å²) in [6.07, 6.45) is 0.858. The summed E-state index contributed by atoms with van der Waals surface area (Å²) >= 11 is 0. The van der Waals surface area contributed by atoms with Crippen molar-refractivity contribution < 1.29 is 9.47 Å². The van der Waals surface area contributed by atoms with Crippen molar-refractivity contribution in [3.8, 4) is 5.75 Å². The van der Waals surface area contributed by atoms with E-state index in [2.05, 4.69) is 40.6 Å². The maximum absolute atomic E-state index is 6.20. The first-order valence-electron chi connectivity index (χ1n) is 10.3. The van der Waals surface area contributed by atoms with E-state index >= 15 is 0 Å². The van der Waals surface area contributed by atoms with Gasteiger partial charge in [0.25, 0.3) is 0 Å². The molecule has 162 valence electrons. The van der Waals surface area contributed by atoms with Gasteiger partial charge in [-0.1, -0.05) is 72.8 Å². The van der Waals surface area contributed by atoms with Gasteiger partial charge < -0.3 is 20.5 Å². The summed E-state index contributed by atoms with van der Waals surface area (Å²) in [5, 5.41) is 3.35. The first-order chi connectivity index (χ1) is 14.8. The van der Waals surface area contributed by atoms with Crippen LogP contribution in [-0.2, 0) is 24.5 Å². The molecule has 0 radical (unpaired) electrons. The maximum Gasteiger partial charge on any atom is 0.189 e. The quantitative estimate of drug-likeness (QED) is 0.258. The van der Waals surface area contributed by atoms with Crippen molar-refractivity contribution in [2.75, 3.05) is 6.61 Å². The molecule has 3 N–H and O–H groups in total. The molecule has 0 saturated heterocycles. The van der Waals surface area contributed by atoms with E-state index < -0.39 is 0 Å². The number of para-hydroxylation sites is 1. The number of ether oxygens (including phenoxy) is 2. The molecule has 1 heterocycles. The van der Waals surface area contributed by atoms with Crippen molar-refractivity contribution in [2.24, 2.45) is 10.7 Å². The molecule has 1 unspecified atom stereocenters. The van der Waals surface area contributed by atoms with E-state index in [1.54, 1.807) is 0 Å². The fraction of sp³-hybridized carbons (Fsp3) is 0.240. The third-order valence-electron chi connectivity index (χ3n) is 5.19. The van der Waals surface area contributed by atoms with Gasteiger partial charge in [0.1, 0.15) is 5.75 Å². The van der Waals surface area contributed by atoms with Crippen molar-refractivity contribution in [1.29, 1.82) is 0 Å². The Morgan fingerprint density at radius 3 is 2.48 bits per heavy atom. The predicted molar refractivity (Wildman–Crippen MR) is 135 cm³/mol. The van der Waals surface area contributed by atoms with Crippen molar-refractivity contribution >= 4 is 29.9 Å². The van der Waals surface area contributed by atoms with Gasteiger partial charge in [-0.05, 0) is 22.8 Å². The Bertz CT molecular complexity index is 995. The van der Waals surface area contributed by atoms with Crippen LogP contribution in [0, 0.1) is 0 Å². The Labute approximate surface area is 200 Å². The Kier molecular flexibility index (Phi) is 8.73. The second-order valence-corrected chi connectivity index (χ2v) is 7.32. The molecule has 0 bridgehead atoms. The zero-order valence-electron chi connectivity index (χ0n) is 17.4. The summed E-state index contributed by atoms with van der Waals surface area (Å²) in [4.78, 5) is 4.58. The molecular weight excluding hydrogens is 501 g/mol. The number of nitrogens with two attached hydrogens (primary N) is 1. The first-order valence-corrected chi connectivity index (χ1v) is 10.3. The van der Waals surface area contributed by atoms with Crippen LogP contribution in [0.5, 0.6) is 5.75 Å². The molecular formula is C25H28IN3O2. The van der Waals surface area contributed by atoms with E-state index in [0.29, 0.717) is 32.3 Å². The van der Waals surface area contributed by atoms with Crippen molar-refractivity contribution in [1.82, 2.24) is 5.32 Å². The Morgan fingerprint density at radius 2 is 1.65 bits per heavy atom. The van der Waals surface area contributed by atoms with Crippen LogP contribution in [0.1, 0.15) is 34.7 Å². The van der Waals surface area contributed by atoms with Crippen LogP contribution in [0.15, 0.2) is 83.9 Å². The molecule has 0 aromatic heterocycles. The van der Waals surface area contributed by atoms with Gasteiger partial charge in [0.05, 0.1) is 32.4 Å². The number of fused-ring (bicyclic) bond motifs is 1. The number of benzene rings is 3. The standard InChI is InChI=1S/C25H27N3O2.HI/c26-25(28-23-14-15-30-24-13-7-6-12-22(23)24)27-16-20-10-4-5-11-21(20)18-29-17-19-8-2-1-3-9-19;/h1-13,23H,14-18H2,(H3,26,27,28);1H. The highest BCUT2D eigenvalue weighted by molar-refractivity contribution is 14.0. The third-order valence-corrected chi connectivity index (χ3v) is 5.19. The van der Waals surface area contributed by atoms with Gasteiger partial charge in [-0.2, -0.15) is 0 Å². The number of aliphatic imine (C=N–C) groups is 1. The summed E-state index contributed by atoms with van der Waals surface area (Å²) in [6.45, 7) is 2.31. The summed E-state index contributed by atoms with van der Waals surface area (Å²) < 4.78 is 11.6. The van der Waals surface area contributed by atoms with E-state index in [9.17, 15) is 0 Å². The molecule has 31 heavy (non-hydrogen) atoms. The van der Waals surface area contributed by atoms with Crippen LogP contribution in [0.3, 0.4) is 0 Å². The number of halogens is 1. The normalized spacial score (nSPS) is 15.4. The first kappa shape index (κ1) is 23.1. The van der Waals surface area contributed by atoms with Crippen molar-refractivity contribution in [2.45, 2.75) is 32.2 Å². The molecule has 0 saturated carbocycles. The fourth-order valence-corrected chi connectivity index (χ4v) is 3.59. The van der Waals surface area contributed by atoms with Crippen LogP contribution < -0.4 is 15.8 Å². The minimum Gasteiger partial charge on any atom is -0.493 e. The van der Waals surface area contributed by atoms with Crippen LogP contribution >= 0.6 is 24.0 Å². The molecule has 1 aliphatic rings. The summed E-state index contributed by atoms with van der Waals surface area (Å²) in [5.41, 5.74) is 10.7. The SMILES string of the molecule is I.NC(=NCc1ccccc1COCc1ccccc1)NC1CCOc2ccccc21. The average molecular weight is 529 g/mol. The zero-order valence-corrected chi connectivity index (χ0v) is 19.7. The number of hydrogen-bond donors (Lipinski definition) is 2. The van der Waals surface area contributed by atoms with E-state index in [-0.39, 0.29) is 30.0 Å². The lowest BCUT2D eigenvalue weighted by molar-refractivity contribution is 0.106. The average Bonchev–Trinajstić information content (AvgIpc) is 2.79. The lowest BCUT2D eigenvalue weighted by Gasteiger charge is -2.27. The Morgan fingerprint density at radius 1 is 0.935 bits per heavy atom. The Balaban J connectivity index is 0.00000272. The summed E-state index contributed by atoms with van der Waals surface area (Å²) in [7, 11) is 0. The van der Waals surface area contributed by atoms with Gasteiger partial charge in [-0.3, -0.25) is 0 Å². The molecule has 1 aliphatic heterocycles. The molecule has 0 amide bonds. The van der Waals surface area contributed by atoms with E-state index in [4.69, 9.17) is 15.2 Å². The minimum atomic E-state index is 0. The topological polar surface area (TPSA) is 68.9 Å². The summed E-state index contributed by atoms with van der Waals surface area (Å²) in [5.74, 6) is 1.35. The largest absolute Gasteiger partial charge is 0.493 e. The molecule has 3 aromatic carbocycles. The predicted octanol–water partition coefficient (Wildman–Crippen LogP) is 4.95. The minimum absolute atomic E-state index is 0. The highest BCUT2D eigenvalue weighted by Crippen LogP contribution is 2.31. The molecule has 0 aliphatic carbocycles. The number of guanidine groups is 1. The van der Waals surface area contributed by atoms with Crippen LogP contribution in [0.25, 0.3) is 0 Å². The monoisotopic (exact) mass is 529 g/mol. The highest BCUT2D eigenvalue weighted by atomic mass is 127. The highest BCUT2D eigenvalue weighted by Gasteiger charge is 2.21. The van der Waals surface area contributed by atoms with Gasteiger partial charge in [-0.15, -0.1) is 24.0 Å². The molecule has 0 spiro atoms. The lowest BCUT2D eigenvalue weighted by atomic mass is 10.0. The van der Waals surface area contributed by atoms with Gasteiger partial charge in [0, 0.05) is 12.0 Å². The molecule has 6 heteroatoms. The smallest absolute Gasteiger partial charge is 0.189 e. The number of rotatable bonds is 7. The van der Waals surface area contributed by atoms with E-state index in [0.717, 1.165) is 34.4 Å². The van der Waals surface area contributed by atoms with Gasteiger partial charge in [-0.25, -0.2) is 4.99 Å². The van der Waals surface area contributed by atoms with Crippen molar-refractivity contribution in [3.05, 3.63) is 101 Å². The van der Waals surface area contributed by atoms with Gasteiger partial charge in [0.15, 0.2) is 5.96 Å². The molecule has 4 rings (SSSR count). The van der Waals surface area contributed by atoms with Gasteiger partial charge in [0.2, 0.25) is 0 Å². The number of hydrogen-bond acceptors (Lipinski definition) is 3. The van der Waals surface area contributed by atoms with Gasteiger partial charge >= 0.3 is 0 Å². The maximum atomic E-state index is 6.20. The molecule has 0 fully saturated rings. The Hall–Kier alpha value is -2.58. The molecule has 1 atom stereocenters. The summed E-state index contributed by atoms with van der Waals surface area (Å²) in [6, 6.07) is 26.5. The van der Waals surface area contributed by atoms with Crippen LogP contribution in [0.4, 0.5) is 0 Å². The zero-order chi connectivity index (χ0) is 20.6. The molecule has 3 aromatic rings. The van der Waals surface area contributed by atoms with Crippen LogP contribution in [-0.4, -0.2) is 12.6 Å². The molecule has 5 nitrogen and oxygen atoms in total. The third kappa shape index (κ3) is 6.45. The number of nitrogens with zero attached hydrogens (tertiary/aromatic N) is 1.